The summed E-state index contributed by atoms with van der Waals surface area (Å²) in [6.07, 6.45) is 5.60. The number of nitrogens with one attached hydrogen (secondary N) is 1. The molecule has 0 aromatic carbocycles. The van der Waals surface area contributed by atoms with E-state index in [-0.39, 0.29) is 5.54 Å². The van der Waals surface area contributed by atoms with Gasteiger partial charge in [-0.25, -0.2) is 0 Å². The minimum atomic E-state index is 0.251. The first-order chi connectivity index (χ1) is 10.0. The molecule has 0 bridgehead atoms. The van der Waals surface area contributed by atoms with Crippen molar-refractivity contribution >= 4 is 0 Å². The molecule has 1 N–H and O–H groups in total. The topological polar surface area (TPSA) is 46.0 Å². The number of aromatic nitrogens is 3. The highest BCUT2D eigenvalue weighted by atomic mass is 15.4. The molecule has 1 aromatic rings. The zero-order valence-electron chi connectivity index (χ0n) is 14.3. The third-order valence-corrected chi connectivity index (χ3v) is 5.43. The summed E-state index contributed by atoms with van der Waals surface area (Å²) in [5.41, 5.74) is 1.33. The summed E-state index contributed by atoms with van der Waals surface area (Å²) in [6, 6.07) is 0.581. The van der Waals surface area contributed by atoms with Crippen LogP contribution in [0.5, 0.6) is 0 Å². The second-order valence-corrected chi connectivity index (χ2v) is 6.57. The average Bonchev–Trinajstić information content (AvgIpc) is 2.92. The van der Waals surface area contributed by atoms with E-state index in [0.29, 0.717) is 12.0 Å². The molecule has 0 spiro atoms. The monoisotopic (exact) mass is 293 g/mol. The van der Waals surface area contributed by atoms with Crippen molar-refractivity contribution < 1.29 is 0 Å². The standard InChI is InChI=1S/C16H31N5/c1-6-13(4)15-11-21(10-14-9-20(5)19-18-14)16(7-2,8-3)12-17-15/h9,13,15,17H,6-8,10-12H2,1-5H3. The molecular weight excluding hydrogens is 262 g/mol. The van der Waals surface area contributed by atoms with Crippen molar-refractivity contribution in [3.63, 3.8) is 0 Å². The van der Waals surface area contributed by atoms with Crippen LogP contribution in [0.4, 0.5) is 0 Å². The third-order valence-electron chi connectivity index (χ3n) is 5.43. The van der Waals surface area contributed by atoms with E-state index in [4.69, 9.17) is 0 Å². The summed E-state index contributed by atoms with van der Waals surface area (Å²) in [5.74, 6) is 0.709. The van der Waals surface area contributed by atoms with Crippen molar-refractivity contribution in [2.45, 2.75) is 65.1 Å². The average molecular weight is 293 g/mol. The number of rotatable bonds is 6. The van der Waals surface area contributed by atoms with Crippen LogP contribution in [-0.2, 0) is 13.6 Å². The number of hydrogen-bond acceptors (Lipinski definition) is 4. The van der Waals surface area contributed by atoms with Crippen molar-refractivity contribution in [1.29, 1.82) is 0 Å². The maximum atomic E-state index is 4.28. The SMILES string of the molecule is CCC(C)C1CN(Cc2cn(C)nn2)C(CC)(CC)CN1. The Bertz CT molecular complexity index is 438. The summed E-state index contributed by atoms with van der Waals surface area (Å²) in [7, 11) is 1.93. The predicted molar refractivity (Wildman–Crippen MR) is 86.0 cm³/mol. The van der Waals surface area contributed by atoms with Crippen LogP contribution in [-0.4, -0.2) is 44.6 Å². The maximum absolute atomic E-state index is 4.28. The van der Waals surface area contributed by atoms with Crippen LogP contribution in [0.2, 0.25) is 0 Å². The Morgan fingerprint density at radius 2 is 2.10 bits per heavy atom. The molecule has 2 atom stereocenters. The highest BCUT2D eigenvalue weighted by Gasteiger charge is 2.40. The molecule has 1 aliphatic rings. The van der Waals surface area contributed by atoms with Crippen molar-refractivity contribution in [2.24, 2.45) is 13.0 Å². The number of piperazine rings is 1. The Balaban J connectivity index is 2.16. The Morgan fingerprint density at radius 1 is 1.38 bits per heavy atom. The van der Waals surface area contributed by atoms with Crippen molar-refractivity contribution in [1.82, 2.24) is 25.2 Å². The van der Waals surface area contributed by atoms with Gasteiger partial charge in [-0.2, -0.15) is 0 Å². The molecule has 1 aromatic heterocycles. The van der Waals surface area contributed by atoms with Gasteiger partial charge in [0.1, 0.15) is 0 Å². The van der Waals surface area contributed by atoms with Gasteiger partial charge >= 0.3 is 0 Å². The molecular formula is C16H31N5. The fourth-order valence-electron chi connectivity index (χ4n) is 3.44. The van der Waals surface area contributed by atoms with E-state index >= 15 is 0 Å². The first kappa shape index (κ1) is 16.4. The molecule has 2 unspecified atom stereocenters. The lowest BCUT2D eigenvalue weighted by Gasteiger charge is -2.50. The molecule has 0 radical (unpaired) electrons. The first-order valence-corrected chi connectivity index (χ1v) is 8.38. The molecule has 5 nitrogen and oxygen atoms in total. The smallest absolute Gasteiger partial charge is 0.0967 e. The van der Waals surface area contributed by atoms with Gasteiger partial charge in [0.2, 0.25) is 0 Å². The highest BCUT2D eigenvalue weighted by Crippen LogP contribution is 2.30. The molecule has 0 amide bonds. The van der Waals surface area contributed by atoms with E-state index in [1.165, 1.54) is 19.3 Å². The number of nitrogens with zero attached hydrogens (tertiary/aromatic N) is 4. The van der Waals surface area contributed by atoms with Crippen molar-refractivity contribution in [3.05, 3.63) is 11.9 Å². The molecule has 2 heterocycles. The van der Waals surface area contributed by atoms with Crippen LogP contribution in [0.15, 0.2) is 6.20 Å². The number of aryl methyl sites for hydroxylation is 1. The minimum Gasteiger partial charge on any atom is -0.311 e. The molecule has 1 saturated heterocycles. The van der Waals surface area contributed by atoms with Crippen molar-refractivity contribution in [3.8, 4) is 0 Å². The van der Waals surface area contributed by atoms with Gasteiger partial charge in [0.25, 0.3) is 0 Å². The van der Waals surface area contributed by atoms with E-state index < -0.39 is 0 Å². The summed E-state index contributed by atoms with van der Waals surface area (Å²) in [4.78, 5) is 2.64. The van der Waals surface area contributed by atoms with E-state index in [9.17, 15) is 0 Å². The van der Waals surface area contributed by atoms with Crippen LogP contribution in [0.25, 0.3) is 0 Å². The van der Waals surface area contributed by atoms with E-state index in [2.05, 4.69) is 48.2 Å². The molecule has 0 aliphatic carbocycles. The number of hydrogen-bond donors (Lipinski definition) is 1. The van der Waals surface area contributed by atoms with Gasteiger partial charge in [0.15, 0.2) is 0 Å². The zero-order chi connectivity index (χ0) is 15.5. The molecule has 21 heavy (non-hydrogen) atoms. The first-order valence-electron chi connectivity index (χ1n) is 8.38. The van der Waals surface area contributed by atoms with E-state index in [1.54, 1.807) is 4.68 Å². The lowest BCUT2D eigenvalue weighted by atomic mass is 9.84. The fraction of sp³-hybridized carbons (Fsp3) is 0.875. The van der Waals surface area contributed by atoms with Gasteiger partial charge in [-0.3, -0.25) is 9.58 Å². The molecule has 1 aliphatic heterocycles. The van der Waals surface area contributed by atoms with E-state index in [0.717, 1.165) is 25.3 Å². The second kappa shape index (κ2) is 6.88. The summed E-state index contributed by atoms with van der Waals surface area (Å²) in [5, 5.41) is 12.2. The fourth-order valence-corrected chi connectivity index (χ4v) is 3.44. The quantitative estimate of drug-likeness (QED) is 0.873. The maximum Gasteiger partial charge on any atom is 0.0967 e. The Hall–Kier alpha value is -0.940. The predicted octanol–water partition coefficient (Wildman–Crippen LogP) is 2.19. The Kier molecular flexibility index (Phi) is 5.38. The summed E-state index contributed by atoms with van der Waals surface area (Å²) < 4.78 is 1.79. The van der Waals surface area contributed by atoms with Crippen LogP contribution < -0.4 is 5.32 Å². The van der Waals surface area contributed by atoms with Gasteiger partial charge in [-0.05, 0) is 18.8 Å². The lowest BCUT2D eigenvalue weighted by Crippen LogP contribution is -2.65. The Morgan fingerprint density at radius 3 is 2.62 bits per heavy atom. The van der Waals surface area contributed by atoms with Gasteiger partial charge in [-0.15, -0.1) is 5.10 Å². The zero-order valence-corrected chi connectivity index (χ0v) is 14.3. The molecule has 1 fully saturated rings. The minimum absolute atomic E-state index is 0.251. The van der Waals surface area contributed by atoms with Crippen LogP contribution in [0, 0.1) is 5.92 Å². The van der Waals surface area contributed by atoms with Gasteiger partial charge in [-0.1, -0.05) is 39.3 Å². The third kappa shape index (κ3) is 3.46. The Labute approximate surface area is 129 Å². The van der Waals surface area contributed by atoms with Gasteiger partial charge < -0.3 is 5.32 Å². The largest absolute Gasteiger partial charge is 0.311 e. The summed E-state index contributed by atoms with van der Waals surface area (Å²) in [6.45, 7) is 12.3. The lowest BCUT2D eigenvalue weighted by molar-refractivity contribution is 0.0127. The van der Waals surface area contributed by atoms with Crippen molar-refractivity contribution in [2.75, 3.05) is 13.1 Å². The van der Waals surface area contributed by atoms with Gasteiger partial charge in [0.05, 0.1) is 5.69 Å². The van der Waals surface area contributed by atoms with Gasteiger partial charge in [0, 0.05) is 44.5 Å². The van der Waals surface area contributed by atoms with E-state index in [1.807, 2.05) is 13.2 Å². The van der Waals surface area contributed by atoms with Crippen LogP contribution >= 0.6 is 0 Å². The molecule has 2 rings (SSSR count). The normalized spacial score (nSPS) is 24.1. The molecule has 120 valence electrons. The highest BCUT2D eigenvalue weighted by molar-refractivity contribution is 5.02. The molecule has 5 heteroatoms. The summed E-state index contributed by atoms with van der Waals surface area (Å²) >= 11 is 0. The second-order valence-electron chi connectivity index (χ2n) is 6.57. The van der Waals surface area contributed by atoms with Crippen LogP contribution in [0.3, 0.4) is 0 Å². The molecule has 0 saturated carbocycles. The van der Waals surface area contributed by atoms with Crippen LogP contribution in [0.1, 0.15) is 52.7 Å².